The summed E-state index contributed by atoms with van der Waals surface area (Å²) in [6.07, 6.45) is -3.70. The van der Waals surface area contributed by atoms with Crippen LogP contribution in [0.2, 0.25) is 0 Å². The molecule has 1 unspecified atom stereocenters. The molecule has 1 aliphatic carbocycles. The molecule has 0 aliphatic heterocycles. The Hall–Kier alpha value is -1.89. The fourth-order valence-electron chi connectivity index (χ4n) is 3.53. The number of hydrogen-bond donors (Lipinski definition) is 6. The lowest BCUT2D eigenvalue weighted by Crippen LogP contribution is -2.53. The van der Waals surface area contributed by atoms with Crippen molar-refractivity contribution < 1.29 is 44.6 Å². The van der Waals surface area contributed by atoms with Crippen molar-refractivity contribution in [3.63, 3.8) is 0 Å². The summed E-state index contributed by atoms with van der Waals surface area (Å²) >= 11 is 0. The molecule has 1 rings (SSSR count). The normalized spacial score (nSPS) is 24.8. The van der Waals surface area contributed by atoms with E-state index in [-0.39, 0.29) is 25.0 Å². The fraction of sp³-hybridized carbons (Fsp3) is 0.773. The summed E-state index contributed by atoms with van der Waals surface area (Å²) in [6.45, 7) is 6.30. The molecular weight excluding hydrogens is 436 g/mol. The van der Waals surface area contributed by atoms with Crippen LogP contribution in [0, 0.1) is 0 Å². The van der Waals surface area contributed by atoms with Crippen molar-refractivity contribution >= 4 is 18.1 Å². The minimum Gasteiger partial charge on any atom is -0.463 e. The Labute approximate surface area is 194 Å². The van der Waals surface area contributed by atoms with Gasteiger partial charge in [0.25, 0.3) is 0 Å². The number of esters is 1. The van der Waals surface area contributed by atoms with Crippen LogP contribution < -0.4 is 5.32 Å². The van der Waals surface area contributed by atoms with E-state index in [0.717, 1.165) is 6.21 Å². The quantitative estimate of drug-likeness (QED) is 0.142. The Bertz CT molecular complexity index is 681. The van der Waals surface area contributed by atoms with Crippen molar-refractivity contribution in [1.82, 2.24) is 5.32 Å². The van der Waals surface area contributed by atoms with Gasteiger partial charge < -0.3 is 40.3 Å². The second kappa shape index (κ2) is 14.4. The first-order valence-electron chi connectivity index (χ1n) is 11.3. The van der Waals surface area contributed by atoms with Crippen LogP contribution in [0.5, 0.6) is 0 Å². The molecule has 6 N–H and O–H groups in total. The van der Waals surface area contributed by atoms with Gasteiger partial charge in [-0.2, -0.15) is 0 Å². The van der Waals surface area contributed by atoms with Gasteiger partial charge in [-0.05, 0) is 25.8 Å². The molecule has 0 aromatic heterocycles. The molecule has 0 aromatic rings. The number of aliphatic hydroxyl groups excluding tert-OH is 5. The van der Waals surface area contributed by atoms with E-state index in [4.69, 9.17) is 14.6 Å². The van der Waals surface area contributed by atoms with Gasteiger partial charge in [0.15, 0.2) is 0 Å². The van der Waals surface area contributed by atoms with Gasteiger partial charge in [0, 0.05) is 25.1 Å². The molecule has 33 heavy (non-hydrogen) atoms. The van der Waals surface area contributed by atoms with E-state index in [2.05, 4.69) is 10.3 Å². The number of nitrogens with one attached hydrogen (secondary N) is 1. The predicted molar refractivity (Wildman–Crippen MR) is 120 cm³/mol. The van der Waals surface area contributed by atoms with Crippen molar-refractivity contribution in [3.8, 4) is 0 Å². The predicted octanol–water partition coefficient (Wildman–Crippen LogP) is -1.17. The van der Waals surface area contributed by atoms with E-state index < -0.39 is 55.2 Å². The van der Waals surface area contributed by atoms with Crippen LogP contribution in [-0.2, 0) is 19.1 Å². The molecule has 0 saturated carbocycles. The number of rotatable bonds is 13. The minimum atomic E-state index is -1.82. The van der Waals surface area contributed by atoms with Gasteiger partial charge in [-0.1, -0.05) is 13.8 Å². The second-order valence-corrected chi connectivity index (χ2v) is 7.97. The zero-order valence-corrected chi connectivity index (χ0v) is 19.6. The van der Waals surface area contributed by atoms with E-state index in [9.17, 15) is 30.0 Å². The number of carbonyl (C=O) groups excluding carboxylic acids is 2. The number of hydrogen-bond acceptors (Lipinski definition) is 10. The molecule has 11 heteroatoms. The standard InChI is InChI=1S/C22H38N2O9/c1-5-14(6-2)33-18-9-13(22(31)32-7-3)8-15(19(18)24-12(4)26)23-10-16(27)20(29)21(30)17(28)11-25/h9-10,14-21,25,27-30H,5-8,11H2,1-4H3,(H,24,26)/t15-,16-,17+,18+,19?,20+,21+/m0/s1. The van der Waals surface area contributed by atoms with Gasteiger partial charge in [-0.3, -0.25) is 9.79 Å². The van der Waals surface area contributed by atoms with Crippen molar-refractivity contribution in [2.75, 3.05) is 13.2 Å². The lowest BCUT2D eigenvalue weighted by atomic mass is 9.87. The first kappa shape index (κ1) is 29.1. The largest absolute Gasteiger partial charge is 0.463 e. The number of ether oxygens (including phenoxy) is 2. The Kier molecular flexibility index (Phi) is 12.7. The third kappa shape index (κ3) is 8.76. The SMILES string of the molecule is CCOC(=O)C1=C[C@@H](OC(CC)CC)C(NC(C)=O)[C@@H](N=C[C@H](O)[C@@H](O)[C@H](O)[C@H](O)CO)C1. The molecule has 0 spiro atoms. The third-order valence-electron chi connectivity index (χ3n) is 5.44. The van der Waals surface area contributed by atoms with Gasteiger partial charge in [0.1, 0.15) is 24.4 Å². The van der Waals surface area contributed by atoms with E-state index in [1.807, 2.05) is 13.8 Å². The zero-order chi connectivity index (χ0) is 25.1. The highest BCUT2D eigenvalue weighted by atomic mass is 16.5. The van der Waals surface area contributed by atoms with Gasteiger partial charge in [-0.15, -0.1) is 0 Å². The van der Waals surface area contributed by atoms with Crippen LogP contribution in [0.4, 0.5) is 0 Å². The Morgan fingerprint density at radius 1 is 1.18 bits per heavy atom. The molecule has 1 aliphatic rings. The lowest BCUT2D eigenvalue weighted by Gasteiger charge is -2.36. The highest BCUT2D eigenvalue weighted by molar-refractivity contribution is 5.89. The van der Waals surface area contributed by atoms with E-state index in [1.165, 1.54) is 6.92 Å². The smallest absolute Gasteiger partial charge is 0.333 e. The maximum absolute atomic E-state index is 12.4. The molecule has 1 amide bonds. The first-order valence-corrected chi connectivity index (χ1v) is 11.3. The lowest BCUT2D eigenvalue weighted by molar-refractivity contribution is -0.139. The molecule has 0 saturated heterocycles. The second-order valence-electron chi connectivity index (χ2n) is 7.97. The van der Waals surface area contributed by atoms with Crippen LogP contribution in [0.1, 0.15) is 47.0 Å². The Morgan fingerprint density at radius 3 is 2.33 bits per heavy atom. The van der Waals surface area contributed by atoms with Gasteiger partial charge in [-0.25, -0.2) is 4.79 Å². The minimum absolute atomic E-state index is 0.0771. The number of aliphatic hydroxyl groups is 5. The molecule has 0 bridgehead atoms. The molecule has 11 nitrogen and oxygen atoms in total. The summed E-state index contributed by atoms with van der Waals surface area (Å²) in [5.74, 6) is -0.882. The summed E-state index contributed by atoms with van der Waals surface area (Å²) in [6, 6.07) is -1.42. The molecule has 7 atom stereocenters. The number of amides is 1. The van der Waals surface area contributed by atoms with E-state index in [1.54, 1.807) is 13.0 Å². The van der Waals surface area contributed by atoms with Crippen molar-refractivity contribution in [1.29, 1.82) is 0 Å². The van der Waals surface area contributed by atoms with Crippen LogP contribution >= 0.6 is 0 Å². The molecular formula is C22H38N2O9. The van der Waals surface area contributed by atoms with Gasteiger partial charge in [0.2, 0.25) is 5.91 Å². The number of aliphatic imine (C=N–C) groups is 1. The third-order valence-corrected chi connectivity index (χ3v) is 5.44. The van der Waals surface area contributed by atoms with Crippen LogP contribution in [-0.4, -0.2) is 106 Å². The summed E-state index contributed by atoms with van der Waals surface area (Å²) in [4.78, 5) is 28.6. The van der Waals surface area contributed by atoms with Gasteiger partial charge in [0.05, 0.1) is 37.5 Å². The highest BCUT2D eigenvalue weighted by Crippen LogP contribution is 2.27. The maximum atomic E-state index is 12.4. The molecule has 0 fully saturated rings. The first-order chi connectivity index (χ1) is 15.6. The molecule has 190 valence electrons. The number of nitrogens with zero attached hydrogens (tertiary/aromatic N) is 1. The van der Waals surface area contributed by atoms with Crippen LogP contribution in [0.3, 0.4) is 0 Å². The Balaban J connectivity index is 3.23. The van der Waals surface area contributed by atoms with Crippen molar-refractivity contribution in [3.05, 3.63) is 11.6 Å². The zero-order valence-electron chi connectivity index (χ0n) is 19.6. The summed E-state index contributed by atoms with van der Waals surface area (Å²) in [5.41, 5.74) is 0.308. The molecule has 0 heterocycles. The van der Waals surface area contributed by atoms with Crippen LogP contribution in [0.15, 0.2) is 16.6 Å². The average Bonchev–Trinajstić information content (AvgIpc) is 2.80. The molecule has 0 aromatic carbocycles. The summed E-state index contributed by atoms with van der Waals surface area (Å²) in [7, 11) is 0. The van der Waals surface area contributed by atoms with Crippen molar-refractivity contribution in [2.45, 2.75) is 95.7 Å². The molecule has 0 radical (unpaired) electrons. The summed E-state index contributed by atoms with van der Waals surface area (Å²) in [5, 5.41) is 51.2. The fourth-order valence-corrected chi connectivity index (χ4v) is 3.53. The monoisotopic (exact) mass is 474 g/mol. The van der Waals surface area contributed by atoms with Crippen LogP contribution in [0.25, 0.3) is 0 Å². The Morgan fingerprint density at radius 2 is 1.82 bits per heavy atom. The van der Waals surface area contributed by atoms with Gasteiger partial charge >= 0.3 is 5.97 Å². The van der Waals surface area contributed by atoms with E-state index in [0.29, 0.717) is 18.4 Å². The average molecular weight is 475 g/mol. The number of carbonyl (C=O) groups is 2. The summed E-state index contributed by atoms with van der Waals surface area (Å²) < 4.78 is 11.3. The van der Waals surface area contributed by atoms with Crippen molar-refractivity contribution in [2.24, 2.45) is 4.99 Å². The topological polar surface area (TPSA) is 178 Å². The highest BCUT2D eigenvalue weighted by Gasteiger charge is 2.38. The van der Waals surface area contributed by atoms with E-state index >= 15 is 0 Å². The maximum Gasteiger partial charge on any atom is 0.333 e.